The lowest BCUT2D eigenvalue weighted by atomic mass is 9.95. The second-order valence-electron chi connectivity index (χ2n) is 9.64. The molecule has 4 rings (SSSR count). The molecule has 1 aliphatic rings. The fraction of sp³-hybridized carbons (Fsp3) is 0.387. The van der Waals surface area contributed by atoms with E-state index in [-0.39, 0.29) is 24.3 Å². The summed E-state index contributed by atoms with van der Waals surface area (Å²) in [5.41, 5.74) is 3.64. The number of piperidine rings is 1. The number of benzene rings is 3. The van der Waals surface area contributed by atoms with Crippen molar-refractivity contribution in [2.75, 3.05) is 32.8 Å². The van der Waals surface area contributed by atoms with Gasteiger partial charge in [-0.15, -0.1) is 0 Å². The summed E-state index contributed by atoms with van der Waals surface area (Å²) in [6.07, 6.45) is 2.17. The van der Waals surface area contributed by atoms with Crippen LogP contribution in [0.3, 0.4) is 0 Å². The fourth-order valence-electron chi connectivity index (χ4n) is 5.02. The first-order valence-electron chi connectivity index (χ1n) is 13.4. The molecular weight excluding hydrogens is 498 g/mol. The maximum Gasteiger partial charge on any atom is 0.327 e. The molecule has 0 saturated carbocycles. The molecule has 1 heterocycles. The van der Waals surface area contributed by atoms with Gasteiger partial charge in [0.05, 0.1) is 18.1 Å². The first-order valence-corrected chi connectivity index (χ1v) is 14.9. The van der Waals surface area contributed by atoms with Crippen LogP contribution >= 0.6 is 0 Å². The topological polar surface area (TPSA) is 72.9 Å². The number of nitrogens with zero attached hydrogens (tertiary/aromatic N) is 1. The molecule has 0 unspecified atom stereocenters. The molecule has 0 N–H and O–H groups in total. The van der Waals surface area contributed by atoms with Crippen molar-refractivity contribution in [1.29, 1.82) is 0 Å². The minimum atomic E-state index is -3.94. The Hall–Kier alpha value is -3.16. The van der Waals surface area contributed by atoms with Gasteiger partial charge in [0, 0.05) is 13.1 Å². The zero-order chi connectivity index (χ0) is 27.0. The van der Waals surface area contributed by atoms with Crippen molar-refractivity contribution in [3.63, 3.8) is 0 Å². The number of hydrogen-bond acceptors (Lipinski definition) is 6. The van der Waals surface area contributed by atoms with Gasteiger partial charge in [-0.3, -0.25) is 4.79 Å². The van der Waals surface area contributed by atoms with Crippen LogP contribution < -0.4 is 4.74 Å². The molecule has 0 atom stereocenters. The van der Waals surface area contributed by atoms with Gasteiger partial charge >= 0.3 is 5.97 Å². The highest BCUT2D eigenvalue weighted by atomic mass is 32.2. The van der Waals surface area contributed by atoms with Crippen LogP contribution in [0.4, 0.5) is 0 Å². The van der Waals surface area contributed by atoms with Gasteiger partial charge in [-0.2, -0.15) is 0 Å². The van der Waals surface area contributed by atoms with Crippen molar-refractivity contribution in [3.8, 4) is 16.9 Å². The number of ether oxygens (including phenoxy) is 2. The Kier molecular flexibility index (Phi) is 9.23. The summed E-state index contributed by atoms with van der Waals surface area (Å²) in [4.78, 5) is 15.2. The average Bonchev–Trinajstić information content (AvgIpc) is 2.96. The van der Waals surface area contributed by atoms with Gasteiger partial charge in [-0.1, -0.05) is 61.5 Å². The third-order valence-electron chi connectivity index (χ3n) is 7.32. The Morgan fingerprint density at radius 2 is 1.58 bits per heavy atom. The first kappa shape index (κ1) is 27.9. The van der Waals surface area contributed by atoms with Crippen LogP contribution in [0.15, 0.2) is 83.8 Å². The molecule has 0 amide bonds. The highest BCUT2D eigenvalue weighted by Gasteiger charge is 2.54. The summed E-state index contributed by atoms with van der Waals surface area (Å²) in [5.74, 6) is -0.0413. The highest BCUT2D eigenvalue weighted by Crippen LogP contribution is 2.37. The van der Waals surface area contributed by atoms with Gasteiger partial charge in [0.25, 0.3) is 0 Å². The number of sulfone groups is 1. The van der Waals surface area contributed by atoms with Crippen LogP contribution in [-0.2, 0) is 25.8 Å². The highest BCUT2D eigenvalue weighted by molar-refractivity contribution is 7.93. The van der Waals surface area contributed by atoms with Crippen LogP contribution in [0.2, 0.25) is 0 Å². The molecule has 3 aromatic rings. The third-order valence-corrected chi connectivity index (χ3v) is 9.82. The van der Waals surface area contributed by atoms with E-state index in [9.17, 15) is 13.2 Å². The zero-order valence-electron chi connectivity index (χ0n) is 22.3. The minimum absolute atomic E-state index is 0.126. The van der Waals surface area contributed by atoms with E-state index in [1.807, 2.05) is 25.1 Å². The predicted molar refractivity (Wildman–Crippen MR) is 150 cm³/mol. The van der Waals surface area contributed by atoms with E-state index in [0.717, 1.165) is 19.4 Å². The number of likely N-dealkylation sites (tertiary alicyclic amines) is 1. The molecule has 0 aliphatic carbocycles. The summed E-state index contributed by atoms with van der Waals surface area (Å²) >= 11 is 0. The van der Waals surface area contributed by atoms with E-state index in [2.05, 4.69) is 41.3 Å². The van der Waals surface area contributed by atoms with Crippen LogP contribution in [-0.4, -0.2) is 56.9 Å². The molecule has 0 aromatic heterocycles. The molecule has 7 heteroatoms. The molecule has 202 valence electrons. The molecule has 0 bridgehead atoms. The molecule has 1 fully saturated rings. The molecule has 6 nitrogen and oxygen atoms in total. The Bertz CT molecular complexity index is 1300. The Morgan fingerprint density at radius 3 is 2.24 bits per heavy atom. The predicted octanol–water partition coefficient (Wildman–Crippen LogP) is 5.56. The summed E-state index contributed by atoms with van der Waals surface area (Å²) in [7, 11) is -3.94. The van der Waals surface area contributed by atoms with Crippen LogP contribution in [0.25, 0.3) is 11.1 Å². The molecule has 0 radical (unpaired) electrons. The average molecular weight is 536 g/mol. The van der Waals surface area contributed by atoms with Crippen LogP contribution in [0.1, 0.15) is 38.7 Å². The lowest BCUT2D eigenvalue weighted by Crippen LogP contribution is -2.55. The lowest BCUT2D eigenvalue weighted by molar-refractivity contribution is -0.147. The SMILES string of the molecule is CCOC(=O)C1(S(=O)(=O)c2ccc(OCCCc3cccc(-c4ccccc4)c3)cc2)CCN(CC)CC1. The fourth-order valence-corrected chi connectivity index (χ4v) is 6.96. The van der Waals surface area contributed by atoms with Gasteiger partial charge in [0.15, 0.2) is 14.6 Å². The largest absolute Gasteiger partial charge is 0.494 e. The van der Waals surface area contributed by atoms with Crippen molar-refractivity contribution in [2.45, 2.75) is 49.2 Å². The lowest BCUT2D eigenvalue weighted by Gasteiger charge is -2.38. The van der Waals surface area contributed by atoms with E-state index < -0.39 is 20.6 Å². The van der Waals surface area contributed by atoms with Crippen LogP contribution in [0.5, 0.6) is 5.75 Å². The molecular formula is C31H37NO5S. The molecule has 0 spiro atoms. The number of hydrogen-bond donors (Lipinski definition) is 0. The maximum absolute atomic E-state index is 13.7. The van der Waals surface area contributed by atoms with Crippen molar-refractivity contribution < 1.29 is 22.7 Å². The third kappa shape index (κ3) is 6.11. The van der Waals surface area contributed by atoms with E-state index in [0.29, 0.717) is 25.4 Å². The standard InChI is InChI=1S/C31H37NO5S/c1-3-32-21-19-31(20-22-32,30(33)36-4-2)38(34,35)29-17-15-28(16-18-29)37-23-9-11-25-10-8-14-27(24-25)26-12-6-5-7-13-26/h5-8,10,12-18,24H,3-4,9,11,19-23H2,1-2H3. The van der Waals surface area contributed by atoms with Gasteiger partial charge in [-0.25, -0.2) is 8.42 Å². The summed E-state index contributed by atoms with van der Waals surface area (Å²) < 4.78 is 37.0. The van der Waals surface area contributed by atoms with Gasteiger partial charge in [-0.05, 0) is 80.1 Å². The first-order chi connectivity index (χ1) is 18.4. The number of carbonyl (C=O) groups excluding carboxylic acids is 1. The molecule has 1 aliphatic heterocycles. The number of aryl methyl sites for hydroxylation is 1. The van der Waals surface area contributed by atoms with E-state index >= 15 is 0 Å². The Morgan fingerprint density at radius 1 is 0.895 bits per heavy atom. The summed E-state index contributed by atoms with van der Waals surface area (Å²) in [6, 6.07) is 25.3. The number of rotatable bonds is 11. The van der Waals surface area contributed by atoms with E-state index in [1.165, 1.54) is 16.7 Å². The molecule has 3 aromatic carbocycles. The smallest absolute Gasteiger partial charge is 0.327 e. The van der Waals surface area contributed by atoms with Crippen molar-refractivity contribution in [1.82, 2.24) is 4.90 Å². The summed E-state index contributed by atoms with van der Waals surface area (Å²) in [5, 5.41) is 0. The van der Waals surface area contributed by atoms with Crippen molar-refractivity contribution >= 4 is 15.8 Å². The minimum Gasteiger partial charge on any atom is -0.494 e. The van der Waals surface area contributed by atoms with Gasteiger partial charge in [0.2, 0.25) is 0 Å². The van der Waals surface area contributed by atoms with Crippen molar-refractivity contribution in [3.05, 3.63) is 84.4 Å². The van der Waals surface area contributed by atoms with E-state index in [1.54, 1.807) is 31.2 Å². The second-order valence-corrected chi connectivity index (χ2v) is 11.9. The quantitative estimate of drug-likeness (QED) is 0.237. The monoisotopic (exact) mass is 535 g/mol. The van der Waals surface area contributed by atoms with E-state index in [4.69, 9.17) is 9.47 Å². The second kappa shape index (κ2) is 12.6. The normalized spacial score (nSPS) is 15.6. The Labute approximate surface area is 226 Å². The number of carbonyl (C=O) groups is 1. The van der Waals surface area contributed by atoms with Crippen molar-refractivity contribution in [2.24, 2.45) is 0 Å². The maximum atomic E-state index is 13.7. The van der Waals surface area contributed by atoms with Gasteiger partial charge in [0.1, 0.15) is 5.75 Å². The summed E-state index contributed by atoms with van der Waals surface area (Å²) in [6.45, 7) is 6.31. The zero-order valence-corrected chi connectivity index (χ0v) is 23.1. The number of esters is 1. The van der Waals surface area contributed by atoms with Crippen LogP contribution in [0, 0.1) is 0 Å². The Balaban J connectivity index is 1.37. The molecule has 1 saturated heterocycles. The molecule has 38 heavy (non-hydrogen) atoms. The van der Waals surface area contributed by atoms with Gasteiger partial charge < -0.3 is 14.4 Å².